The number of halogens is 2. The molecule has 0 radical (unpaired) electrons. The first-order chi connectivity index (χ1) is 15.8. The van der Waals surface area contributed by atoms with Gasteiger partial charge in [-0.25, -0.2) is 8.78 Å². The van der Waals surface area contributed by atoms with Gasteiger partial charge in [0.1, 0.15) is 5.69 Å². The van der Waals surface area contributed by atoms with Crippen LogP contribution in [0.1, 0.15) is 41.0 Å². The molecule has 5 atom stereocenters. The highest BCUT2D eigenvalue weighted by Gasteiger charge is 2.81. The second-order valence-corrected chi connectivity index (χ2v) is 10.6. The molecule has 2 heterocycles. The van der Waals surface area contributed by atoms with E-state index in [4.69, 9.17) is 0 Å². The lowest BCUT2D eigenvalue weighted by Gasteiger charge is -2.81. The van der Waals surface area contributed by atoms with Crippen molar-refractivity contribution in [1.82, 2.24) is 9.29 Å². The predicted molar refractivity (Wildman–Crippen MR) is 121 cm³/mol. The third-order valence-corrected chi connectivity index (χ3v) is 9.60. The number of carbonyl (C=O) groups excluding carboxylic acids is 1. The van der Waals surface area contributed by atoms with Crippen molar-refractivity contribution in [2.75, 3.05) is 11.9 Å². The zero-order chi connectivity index (χ0) is 23.1. The normalized spacial score (nSPS) is 32.8. The maximum absolute atomic E-state index is 13.6. The topological polar surface area (TPSA) is 86.5 Å². The quantitative estimate of drug-likeness (QED) is 0.483. The minimum atomic E-state index is -1.01. The van der Waals surface area contributed by atoms with Gasteiger partial charge in [-0.2, -0.15) is 0 Å². The van der Waals surface area contributed by atoms with E-state index in [9.17, 15) is 23.8 Å². The van der Waals surface area contributed by atoms with Crippen molar-refractivity contribution in [1.29, 1.82) is 0 Å². The Bertz CT molecular complexity index is 1210. The Kier molecular flexibility index (Phi) is 4.62. The number of amides is 1. The first-order valence-electron chi connectivity index (χ1n) is 11.2. The summed E-state index contributed by atoms with van der Waals surface area (Å²) in [6, 6.07) is 3.57. The minimum Gasteiger partial charge on any atom is -0.393 e. The molecule has 0 saturated heterocycles. The second-order valence-electron chi connectivity index (χ2n) is 9.72. The summed E-state index contributed by atoms with van der Waals surface area (Å²) < 4.78 is 32.3. The number of allylic oxidation sites excluding steroid dienone is 1. The lowest BCUT2D eigenvalue weighted by atomic mass is 9.26. The smallest absolute Gasteiger partial charge is 0.272 e. The van der Waals surface area contributed by atoms with Crippen molar-refractivity contribution in [3.8, 4) is 0 Å². The number of nitrogens with one attached hydrogen (secondary N) is 2. The summed E-state index contributed by atoms with van der Waals surface area (Å²) in [7, 11) is 0. The van der Waals surface area contributed by atoms with Gasteiger partial charge in [0, 0.05) is 29.8 Å². The van der Waals surface area contributed by atoms with Crippen molar-refractivity contribution in [2.24, 2.45) is 17.3 Å². The molecule has 4 aliphatic rings. The van der Waals surface area contributed by atoms with Gasteiger partial charge in [-0.3, -0.25) is 9.52 Å². The lowest BCUT2D eigenvalue weighted by molar-refractivity contribution is -0.365. The van der Waals surface area contributed by atoms with Gasteiger partial charge in [-0.1, -0.05) is 6.08 Å². The van der Waals surface area contributed by atoms with E-state index < -0.39 is 17.2 Å². The number of nitrogens with zero attached hydrogens (tertiary/aromatic N) is 1. The SMILES string of the molecule is Cc1c(SNC2C3CCC34C2CC4(O)CO)c2n(c1C(=O)Nc1ccc(F)c(F)c1)CC=C2. The molecule has 4 N–H and O–H groups in total. The highest BCUT2D eigenvalue weighted by Crippen LogP contribution is 2.78. The van der Waals surface area contributed by atoms with E-state index in [1.807, 2.05) is 23.6 Å². The number of benzene rings is 1. The molecule has 6 nitrogen and oxygen atoms in total. The van der Waals surface area contributed by atoms with E-state index in [0.717, 1.165) is 41.1 Å². The maximum atomic E-state index is 13.6. The Labute approximate surface area is 194 Å². The Morgan fingerprint density at radius 2 is 2.12 bits per heavy atom. The summed E-state index contributed by atoms with van der Waals surface area (Å²) in [5, 5.41) is 23.0. The number of fused-ring (bicyclic) bond motifs is 1. The molecular weight excluding hydrogens is 448 g/mol. The van der Waals surface area contributed by atoms with Crippen LogP contribution in [0.5, 0.6) is 0 Å². The zero-order valence-electron chi connectivity index (χ0n) is 18.1. The number of aliphatic hydroxyl groups excluding tert-OH is 1. The molecule has 33 heavy (non-hydrogen) atoms. The van der Waals surface area contributed by atoms with E-state index in [1.165, 1.54) is 18.0 Å². The van der Waals surface area contributed by atoms with Gasteiger partial charge in [0.2, 0.25) is 0 Å². The summed E-state index contributed by atoms with van der Waals surface area (Å²) in [6.07, 6.45) is 6.62. The third kappa shape index (κ3) is 2.67. The van der Waals surface area contributed by atoms with Crippen LogP contribution in [0, 0.1) is 35.8 Å². The van der Waals surface area contributed by atoms with E-state index in [2.05, 4.69) is 10.0 Å². The van der Waals surface area contributed by atoms with Gasteiger partial charge < -0.3 is 20.1 Å². The molecule has 3 aliphatic carbocycles. The molecule has 0 bridgehead atoms. The second kappa shape index (κ2) is 7.15. The number of anilines is 1. The van der Waals surface area contributed by atoms with Gasteiger partial charge >= 0.3 is 0 Å². The van der Waals surface area contributed by atoms with E-state index >= 15 is 0 Å². The molecular formula is C24H25F2N3O3S. The first-order valence-corrected chi connectivity index (χ1v) is 12.0. The van der Waals surface area contributed by atoms with Crippen LogP contribution in [-0.4, -0.2) is 38.9 Å². The highest BCUT2D eigenvalue weighted by atomic mass is 32.2. The van der Waals surface area contributed by atoms with Crippen LogP contribution < -0.4 is 10.0 Å². The third-order valence-electron chi connectivity index (χ3n) is 8.49. The number of aliphatic hydroxyl groups is 2. The molecule has 1 amide bonds. The van der Waals surface area contributed by atoms with Gasteiger partial charge in [0.25, 0.3) is 5.91 Å². The van der Waals surface area contributed by atoms with Crippen LogP contribution in [0.3, 0.4) is 0 Å². The molecule has 6 rings (SSSR count). The zero-order valence-corrected chi connectivity index (χ0v) is 18.9. The molecule has 1 aliphatic heterocycles. The maximum Gasteiger partial charge on any atom is 0.272 e. The van der Waals surface area contributed by atoms with Crippen LogP contribution in [0.25, 0.3) is 6.08 Å². The Balaban J connectivity index is 1.21. The minimum absolute atomic E-state index is 0.118. The Morgan fingerprint density at radius 3 is 2.79 bits per heavy atom. The fourth-order valence-corrected chi connectivity index (χ4v) is 7.89. The molecule has 1 spiro atoms. The predicted octanol–water partition coefficient (Wildman–Crippen LogP) is 3.47. The van der Waals surface area contributed by atoms with Gasteiger partial charge in [-0.15, -0.1) is 0 Å². The number of hydrogen-bond donors (Lipinski definition) is 4. The molecule has 5 unspecified atom stereocenters. The summed E-state index contributed by atoms with van der Waals surface area (Å²) in [6.45, 7) is 2.29. The summed E-state index contributed by atoms with van der Waals surface area (Å²) in [4.78, 5) is 14.0. The number of carbonyl (C=O) groups is 1. The fourth-order valence-electron chi connectivity index (χ4n) is 6.78. The average Bonchev–Trinajstić information content (AvgIpc) is 3.31. The highest BCUT2D eigenvalue weighted by molar-refractivity contribution is 7.97. The van der Waals surface area contributed by atoms with Crippen molar-refractivity contribution < 1.29 is 23.8 Å². The van der Waals surface area contributed by atoms with Crippen LogP contribution in [0.2, 0.25) is 0 Å². The molecule has 2 aromatic rings. The van der Waals surface area contributed by atoms with E-state index in [0.29, 0.717) is 30.5 Å². The molecule has 1 aromatic heterocycles. The summed E-state index contributed by atoms with van der Waals surface area (Å²) in [5.41, 5.74) is 1.42. The van der Waals surface area contributed by atoms with Gasteiger partial charge in [0.15, 0.2) is 11.6 Å². The van der Waals surface area contributed by atoms with Crippen LogP contribution >= 0.6 is 11.9 Å². The van der Waals surface area contributed by atoms with Crippen LogP contribution in [0.4, 0.5) is 14.5 Å². The number of rotatable bonds is 6. The monoisotopic (exact) mass is 473 g/mol. The fraction of sp³-hybridized carbons (Fsp3) is 0.458. The van der Waals surface area contributed by atoms with Gasteiger partial charge in [0.05, 0.1) is 22.8 Å². The summed E-state index contributed by atoms with van der Waals surface area (Å²) >= 11 is 1.51. The van der Waals surface area contributed by atoms with Crippen molar-refractivity contribution in [3.63, 3.8) is 0 Å². The molecule has 3 saturated carbocycles. The standard InChI is InChI=1S/C24H25F2N3O3S/c1-12-20(22(31)27-13-4-5-16(25)17(26)9-13)29-8-2-3-18(29)21(12)33-28-19-14-6-7-24(14)15(19)10-23(24,32)11-30/h2-5,9,14-15,19,28,30,32H,6-8,10-11H2,1H3,(H,27,31). The van der Waals surface area contributed by atoms with Crippen LogP contribution in [-0.2, 0) is 6.54 Å². The molecule has 9 heteroatoms. The van der Waals surface area contributed by atoms with E-state index in [-0.39, 0.29) is 29.7 Å². The first kappa shape index (κ1) is 21.3. The van der Waals surface area contributed by atoms with Crippen molar-refractivity contribution in [2.45, 2.75) is 49.3 Å². The largest absolute Gasteiger partial charge is 0.393 e. The summed E-state index contributed by atoms with van der Waals surface area (Å²) in [5.74, 6) is -1.61. The lowest BCUT2D eigenvalue weighted by Crippen LogP contribution is -2.86. The van der Waals surface area contributed by atoms with Crippen molar-refractivity contribution >= 4 is 29.6 Å². The van der Waals surface area contributed by atoms with E-state index in [1.54, 1.807) is 0 Å². The molecule has 1 aromatic carbocycles. The van der Waals surface area contributed by atoms with Gasteiger partial charge in [-0.05, 0) is 73.7 Å². The average molecular weight is 474 g/mol. The Morgan fingerprint density at radius 1 is 1.30 bits per heavy atom. The molecule has 3 fully saturated rings. The number of aromatic nitrogens is 1. The van der Waals surface area contributed by atoms with Crippen LogP contribution in [0.15, 0.2) is 29.2 Å². The number of hydrogen-bond acceptors (Lipinski definition) is 5. The Hall–Kier alpha value is -2.20. The van der Waals surface area contributed by atoms with Crippen molar-refractivity contribution in [3.05, 3.63) is 52.9 Å². The molecule has 174 valence electrons.